The Bertz CT molecular complexity index is 112. The van der Waals surface area contributed by atoms with E-state index in [0.717, 1.165) is 0 Å². The molecule has 0 aliphatic carbocycles. The Balaban J connectivity index is 4.03. The van der Waals surface area contributed by atoms with E-state index in [2.05, 4.69) is 27.7 Å². The van der Waals surface area contributed by atoms with Gasteiger partial charge >= 0.3 is 0 Å². The lowest BCUT2D eigenvalue weighted by atomic mass is 10.1. The SMILES string of the molecule is CC(C)C(CCl)OC(CCl)C(C)C. The lowest BCUT2D eigenvalue weighted by Gasteiger charge is -2.27. The summed E-state index contributed by atoms with van der Waals surface area (Å²) in [5.74, 6) is 1.97. The molecule has 0 bridgehead atoms. The minimum atomic E-state index is 0.118. The standard InChI is InChI=1S/C10H20Cl2O/c1-7(2)9(5-11)13-10(6-12)8(3)4/h7-10H,5-6H2,1-4H3. The first-order chi connectivity index (χ1) is 6.02. The van der Waals surface area contributed by atoms with Gasteiger partial charge in [-0.1, -0.05) is 27.7 Å². The van der Waals surface area contributed by atoms with Crippen LogP contribution < -0.4 is 0 Å². The molecular weight excluding hydrogens is 207 g/mol. The Labute approximate surface area is 91.7 Å². The van der Waals surface area contributed by atoms with Crippen LogP contribution in [0.5, 0.6) is 0 Å². The van der Waals surface area contributed by atoms with E-state index in [4.69, 9.17) is 27.9 Å². The predicted octanol–water partition coefficient (Wildman–Crippen LogP) is 3.53. The van der Waals surface area contributed by atoms with E-state index >= 15 is 0 Å². The van der Waals surface area contributed by atoms with Crippen molar-refractivity contribution in [3.05, 3.63) is 0 Å². The summed E-state index contributed by atoms with van der Waals surface area (Å²) >= 11 is 11.6. The zero-order chi connectivity index (χ0) is 10.4. The number of hydrogen-bond acceptors (Lipinski definition) is 1. The highest BCUT2D eigenvalue weighted by Crippen LogP contribution is 2.16. The quantitative estimate of drug-likeness (QED) is 0.631. The van der Waals surface area contributed by atoms with Crippen LogP contribution in [0.3, 0.4) is 0 Å². The third-order valence-electron chi connectivity index (χ3n) is 2.14. The lowest BCUT2D eigenvalue weighted by Crippen LogP contribution is -2.32. The van der Waals surface area contributed by atoms with Crippen LogP contribution >= 0.6 is 23.2 Å². The van der Waals surface area contributed by atoms with Crippen LogP contribution in [0.15, 0.2) is 0 Å². The molecule has 0 saturated carbocycles. The second-order valence-electron chi connectivity index (χ2n) is 4.01. The molecule has 3 heteroatoms. The number of alkyl halides is 2. The van der Waals surface area contributed by atoms with E-state index in [0.29, 0.717) is 23.6 Å². The van der Waals surface area contributed by atoms with Gasteiger partial charge < -0.3 is 4.74 Å². The van der Waals surface area contributed by atoms with Gasteiger partial charge in [-0.25, -0.2) is 0 Å². The molecular formula is C10H20Cl2O. The minimum Gasteiger partial charge on any atom is -0.372 e. The van der Waals surface area contributed by atoms with Gasteiger partial charge in [-0.05, 0) is 11.8 Å². The number of ether oxygens (including phenoxy) is 1. The molecule has 0 fully saturated rings. The third-order valence-corrected chi connectivity index (χ3v) is 2.75. The predicted molar refractivity (Wildman–Crippen MR) is 59.8 cm³/mol. The van der Waals surface area contributed by atoms with Crippen LogP contribution in [0.1, 0.15) is 27.7 Å². The maximum atomic E-state index is 5.81. The van der Waals surface area contributed by atoms with Crippen LogP contribution in [0.2, 0.25) is 0 Å². The van der Waals surface area contributed by atoms with Crippen molar-refractivity contribution < 1.29 is 4.74 Å². The van der Waals surface area contributed by atoms with Crippen molar-refractivity contribution in [1.82, 2.24) is 0 Å². The zero-order valence-corrected chi connectivity index (χ0v) is 10.4. The highest BCUT2D eigenvalue weighted by atomic mass is 35.5. The molecule has 0 aliphatic rings. The fourth-order valence-corrected chi connectivity index (χ4v) is 1.83. The number of hydrogen-bond donors (Lipinski definition) is 0. The van der Waals surface area contributed by atoms with Gasteiger partial charge in [0, 0.05) is 11.8 Å². The summed E-state index contributed by atoms with van der Waals surface area (Å²) in [6.45, 7) is 8.44. The van der Waals surface area contributed by atoms with E-state index < -0.39 is 0 Å². The van der Waals surface area contributed by atoms with Crippen molar-refractivity contribution in [2.24, 2.45) is 11.8 Å². The maximum Gasteiger partial charge on any atom is 0.0737 e. The molecule has 0 N–H and O–H groups in total. The molecule has 80 valence electrons. The smallest absolute Gasteiger partial charge is 0.0737 e. The fraction of sp³-hybridized carbons (Fsp3) is 1.00. The highest BCUT2D eigenvalue weighted by molar-refractivity contribution is 6.18. The van der Waals surface area contributed by atoms with Crippen LogP contribution in [-0.4, -0.2) is 24.0 Å². The molecule has 0 spiro atoms. The average Bonchev–Trinajstić information content (AvgIpc) is 2.05. The van der Waals surface area contributed by atoms with Crippen molar-refractivity contribution in [1.29, 1.82) is 0 Å². The Morgan fingerprint density at radius 2 is 1.15 bits per heavy atom. The van der Waals surface area contributed by atoms with Crippen LogP contribution in [0.4, 0.5) is 0 Å². The summed E-state index contributed by atoms with van der Waals surface area (Å²) in [6.07, 6.45) is 0.237. The van der Waals surface area contributed by atoms with Crippen molar-refractivity contribution in [2.75, 3.05) is 11.8 Å². The van der Waals surface area contributed by atoms with Crippen LogP contribution in [0.25, 0.3) is 0 Å². The van der Waals surface area contributed by atoms with Crippen molar-refractivity contribution in [2.45, 2.75) is 39.9 Å². The topological polar surface area (TPSA) is 9.23 Å². The van der Waals surface area contributed by atoms with Gasteiger partial charge in [0.2, 0.25) is 0 Å². The molecule has 13 heavy (non-hydrogen) atoms. The monoisotopic (exact) mass is 226 g/mol. The van der Waals surface area contributed by atoms with Gasteiger partial charge in [0.25, 0.3) is 0 Å². The van der Waals surface area contributed by atoms with E-state index in [1.54, 1.807) is 0 Å². The Morgan fingerprint density at radius 1 is 0.846 bits per heavy atom. The second kappa shape index (κ2) is 6.92. The summed E-state index contributed by atoms with van der Waals surface area (Å²) in [5.41, 5.74) is 0. The first-order valence-electron chi connectivity index (χ1n) is 4.80. The molecule has 2 atom stereocenters. The molecule has 0 rings (SSSR count). The zero-order valence-electron chi connectivity index (χ0n) is 8.89. The molecule has 0 aromatic rings. The summed E-state index contributed by atoms with van der Waals surface area (Å²) < 4.78 is 5.81. The molecule has 0 saturated heterocycles. The Hall–Kier alpha value is 0.540. The normalized spacial score (nSPS) is 16.6. The largest absolute Gasteiger partial charge is 0.372 e. The average molecular weight is 227 g/mol. The van der Waals surface area contributed by atoms with Crippen LogP contribution in [-0.2, 0) is 4.74 Å². The first kappa shape index (κ1) is 13.5. The summed E-state index contributed by atoms with van der Waals surface area (Å²) in [4.78, 5) is 0. The van der Waals surface area contributed by atoms with Gasteiger partial charge in [-0.3, -0.25) is 0 Å². The molecule has 2 unspecified atom stereocenters. The summed E-state index contributed by atoms with van der Waals surface area (Å²) in [7, 11) is 0. The molecule has 1 nitrogen and oxygen atoms in total. The molecule has 0 aliphatic heterocycles. The highest BCUT2D eigenvalue weighted by Gasteiger charge is 2.20. The van der Waals surface area contributed by atoms with Gasteiger partial charge in [0.1, 0.15) is 0 Å². The van der Waals surface area contributed by atoms with E-state index in [1.807, 2.05) is 0 Å². The van der Waals surface area contributed by atoms with E-state index in [9.17, 15) is 0 Å². The van der Waals surface area contributed by atoms with Gasteiger partial charge in [-0.2, -0.15) is 0 Å². The van der Waals surface area contributed by atoms with Crippen molar-refractivity contribution in [3.8, 4) is 0 Å². The lowest BCUT2D eigenvalue weighted by molar-refractivity contribution is -0.0331. The Morgan fingerprint density at radius 3 is 1.31 bits per heavy atom. The number of rotatable bonds is 6. The third kappa shape index (κ3) is 5.09. The van der Waals surface area contributed by atoms with E-state index in [-0.39, 0.29) is 12.2 Å². The molecule has 0 radical (unpaired) electrons. The van der Waals surface area contributed by atoms with E-state index in [1.165, 1.54) is 0 Å². The first-order valence-corrected chi connectivity index (χ1v) is 5.87. The molecule has 0 aromatic heterocycles. The fourth-order valence-electron chi connectivity index (χ4n) is 0.968. The van der Waals surface area contributed by atoms with Gasteiger partial charge in [0.15, 0.2) is 0 Å². The second-order valence-corrected chi connectivity index (χ2v) is 4.63. The Kier molecular flexibility index (Phi) is 7.20. The summed E-state index contributed by atoms with van der Waals surface area (Å²) in [6, 6.07) is 0. The van der Waals surface area contributed by atoms with Gasteiger partial charge in [0.05, 0.1) is 12.2 Å². The van der Waals surface area contributed by atoms with Gasteiger partial charge in [-0.15, -0.1) is 23.2 Å². The van der Waals surface area contributed by atoms with Crippen molar-refractivity contribution in [3.63, 3.8) is 0 Å². The minimum absolute atomic E-state index is 0.118. The molecule has 0 heterocycles. The number of halogens is 2. The maximum absolute atomic E-state index is 5.81. The van der Waals surface area contributed by atoms with Crippen LogP contribution in [0, 0.1) is 11.8 Å². The summed E-state index contributed by atoms with van der Waals surface area (Å²) in [5, 5.41) is 0. The molecule has 0 amide bonds. The van der Waals surface area contributed by atoms with Crippen molar-refractivity contribution >= 4 is 23.2 Å². The molecule has 0 aromatic carbocycles.